The zero-order valence-electron chi connectivity index (χ0n) is 16.1. The Morgan fingerprint density at radius 3 is 3.00 bits per heavy atom. The number of aromatic amines is 1. The number of carbonyl (C=O) groups is 1. The van der Waals surface area contributed by atoms with E-state index in [1.54, 1.807) is 11.3 Å². The van der Waals surface area contributed by atoms with E-state index in [0.717, 1.165) is 67.3 Å². The molecule has 1 amide bonds. The van der Waals surface area contributed by atoms with Crippen LogP contribution in [-0.4, -0.2) is 44.2 Å². The molecule has 3 aromatic rings. The minimum absolute atomic E-state index is 0.156. The summed E-state index contributed by atoms with van der Waals surface area (Å²) in [4.78, 5) is 18.8. The van der Waals surface area contributed by atoms with Crippen molar-refractivity contribution in [3.05, 3.63) is 55.9 Å². The first kappa shape index (κ1) is 17.6. The summed E-state index contributed by atoms with van der Waals surface area (Å²) in [5, 5.41) is 13.2. The number of hydrogen-bond acceptors (Lipinski definition) is 6. The Hall–Kier alpha value is -2.45. The van der Waals surface area contributed by atoms with Crippen LogP contribution in [0.1, 0.15) is 49.1 Å². The van der Waals surface area contributed by atoms with E-state index < -0.39 is 0 Å². The van der Waals surface area contributed by atoms with Gasteiger partial charge in [0.25, 0.3) is 5.91 Å². The lowest BCUT2D eigenvalue weighted by molar-refractivity contribution is 0.0733. The first-order valence-electron chi connectivity index (χ1n) is 9.64. The van der Waals surface area contributed by atoms with Gasteiger partial charge in [-0.3, -0.25) is 14.8 Å². The molecule has 7 nitrogen and oxygen atoms in total. The van der Waals surface area contributed by atoms with Crippen LogP contribution < -0.4 is 0 Å². The molecule has 0 spiro atoms. The van der Waals surface area contributed by atoms with Gasteiger partial charge in [0, 0.05) is 66.2 Å². The molecular weight excluding hydrogens is 374 g/mol. The highest BCUT2D eigenvalue weighted by Crippen LogP contribution is 2.31. The van der Waals surface area contributed by atoms with Crippen molar-refractivity contribution in [3.8, 4) is 0 Å². The fourth-order valence-electron chi connectivity index (χ4n) is 4.21. The molecule has 0 aliphatic carbocycles. The molecule has 0 saturated heterocycles. The second kappa shape index (κ2) is 6.86. The van der Waals surface area contributed by atoms with E-state index in [4.69, 9.17) is 4.52 Å². The minimum Gasteiger partial charge on any atom is -0.361 e. The molecule has 3 aromatic heterocycles. The average molecular weight is 398 g/mol. The highest BCUT2D eigenvalue weighted by atomic mass is 32.1. The summed E-state index contributed by atoms with van der Waals surface area (Å²) in [5.41, 5.74) is 6.57. The number of carbonyl (C=O) groups excluding carboxylic acids is 1. The summed E-state index contributed by atoms with van der Waals surface area (Å²) in [7, 11) is 0. The SMILES string of the molecule is Cc1noc(C)c1CN1CCc2c(C(=O)N3CCc4[nH]ncc4C3)csc2C1. The summed E-state index contributed by atoms with van der Waals surface area (Å²) in [6.07, 6.45) is 3.59. The van der Waals surface area contributed by atoms with Crippen LogP contribution >= 0.6 is 11.3 Å². The topological polar surface area (TPSA) is 78.3 Å². The van der Waals surface area contributed by atoms with Crippen LogP contribution in [0.15, 0.2) is 16.1 Å². The van der Waals surface area contributed by atoms with Gasteiger partial charge in [-0.15, -0.1) is 11.3 Å². The lowest BCUT2D eigenvalue weighted by Gasteiger charge is -2.29. The van der Waals surface area contributed by atoms with Crippen molar-refractivity contribution in [2.45, 2.75) is 46.3 Å². The van der Waals surface area contributed by atoms with Crippen molar-refractivity contribution >= 4 is 17.2 Å². The lowest BCUT2D eigenvalue weighted by Crippen LogP contribution is -2.36. The van der Waals surface area contributed by atoms with Crippen molar-refractivity contribution < 1.29 is 9.32 Å². The summed E-state index contributed by atoms with van der Waals surface area (Å²) in [6.45, 7) is 8.02. The van der Waals surface area contributed by atoms with Gasteiger partial charge in [-0.25, -0.2) is 0 Å². The molecule has 146 valence electrons. The van der Waals surface area contributed by atoms with Crippen molar-refractivity contribution in [2.75, 3.05) is 13.1 Å². The molecule has 0 saturated carbocycles. The van der Waals surface area contributed by atoms with Crippen LogP contribution in [0.2, 0.25) is 0 Å². The quantitative estimate of drug-likeness (QED) is 0.735. The minimum atomic E-state index is 0.156. The fraction of sp³-hybridized carbons (Fsp3) is 0.450. The third kappa shape index (κ3) is 2.97. The van der Waals surface area contributed by atoms with E-state index in [1.165, 1.54) is 16.0 Å². The summed E-state index contributed by atoms with van der Waals surface area (Å²) >= 11 is 1.71. The van der Waals surface area contributed by atoms with Crippen LogP contribution in [0.3, 0.4) is 0 Å². The Balaban J connectivity index is 1.31. The highest BCUT2D eigenvalue weighted by molar-refractivity contribution is 7.10. The summed E-state index contributed by atoms with van der Waals surface area (Å²) < 4.78 is 5.30. The Bertz CT molecular complexity index is 1010. The molecule has 0 atom stereocenters. The number of rotatable bonds is 3. The monoisotopic (exact) mass is 397 g/mol. The van der Waals surface area contributed by atoms with Gasteiger partial charge in [-0.2, -0.15) is 5.10 Å². The second-order valence-corrected chi connectivity index (χ2v) is 8.63. The Morgan fingerprint density at radius 1 is 1.29 bits per heavy atom. The Morgan fingerprint density at radius 2 is 2.18 bits per heavy atom. The molecule has 0 bridgehead atoms. The van der Waals surface area contributed by atoms with Crippen LogP contribution in [0.5, 0.6) is 0 Å². The molecule has 0 fully saturated rings. The number of amides is 1. The van der Waals surface area contributed by atoms with Crippen molar-refractivity contribution in [3.63, 3.8) is 0 Å². The molecular formula is C20H23N5O2S. The first-order chi connectivity index (χ1) is 13.6. The average Bonchev–Trinajstić information content (AvgIpc) is 3.41. The number of aryl methyl sites for hydroxylation is 2. The lowest BCUT2D eigenvalue weighted by atomic mass is 10.0. The second-order valence-electron chi connectivity index (χ2n) is 7.66. The van der Waals surface area contributed by atoms with Gasteiger partial charge in [0.15, 0.2) is 0 Å². The standard InChI is InChI=1S/C20H23N5O2S/c1-12-16(13(2)27-23-12)9-24-5-3-15-17(11-28-19(15)10-24)20(26)25-6-4-18-14(8-25)7-21-22-18/h7,11H,3-6,8-10H2,1-2H3,(H,21,22). The van der Waals surface area contributed by atoms with Crippen LogP contribution in [0.4, 0.5) is 0 Å². The first-order valence-corrected chi connectivity index (χ1v) is 10.5. The molecule has 0 unspecified atom stereocenters. The van der Waals surface area contributed by atoms with Gasteiger partial charge in [0.1, 0.15) is 5.76 Å². The van der Waals surface area contributed by atoms with E-state index in [1.807, 2.05) is 24.9 Å². The van der Waals surface area contributed by atoms with Crippen LogP contribution in [-0.2, 0) is 32.5 Å². The number of fused-ring (bicyclic) bond motifs is 2. The number of H-pyrrole nitrogens is 1. The molecule has 2 aliphatic rings. The van der Waals surface area contributed by atoms with Gasteiger partial charge in [0.05, 0.1) is 17.5 Å². The van der Waals surface area contributed by atoms with Crippen molar-refractivity contribution in [1.29, 1.82) is 0 Å². The molecule has 0 aromatic carbocycles. The number of aromatic nitrogens is 3. The van der Waals surface area contributed by atoms with Gasteiger partial charge >= 0.3 is 0 Å². The van der Waals surface area contributed by atoms with Crippen LogP contribution in [0, 0.1) is 13.8 Å². The molecule has 5 heterocycles. The number of hydrogen-bond donors (Lipinski definition) is 1. The molecule has 0 radical (unpaired) electrons. The number of nitrogens with one attached hydrogen (secondary N) is 1. The van der Waals surface area contributed by atoms with Gasteiger partial charge in [0.2, 0.25) is 0 Å². The van der Waals surface area contributed by atoms with Gasteiger partial charge < -0.3 is 9.42 Å². The highest BCUT2D eigenvalue weighted by Gasteiger charge is 2.29. The zero-order valence-corrected chi connectivity index (χ0v) is 16.9. The number of nitrogens with zero attached hydrogens (tertiary/aromatic N) is 4. The smallest absolute Gasteiger partial charge is 0.255 e. The van der Waals surface area contributed by atoms with Crippen molar-refractivity contribution in [1.82, 2.24) is 25.2 Å². The Kier molecular flexibility index (Phi) is 4.32. The van der Waals surface area contributed by atoms with E-state index in [-0.39, 0.29) is 5.91 Å². The van der Waals surface area contributed by atoms with E-state index in [2.05, 4.69) is 25.6 Å². The Labute approximate surface area is 167 Å². The summed E-state index contributed by atoms with van der Waals surface area (Å²) in [6, 6.07) is 0. The maximum Gasteiger partial charge on any atom is 0.255 e. The number of thiophene rings is 1. The molecule has 5 rings (SSSR count). The predicted molar refractivity (Wildman–Crippen MR) is 105 cm³/mol. The van der Waals surface area contributed by atoms with E-state index in [0.29, 0.717) is 6.54 Å². The normalized spacial score (nSPS) is 16.9. The maximum atomic E-state index is 13.2. The largest absolute Gasteiger partial charge is 0.361 e. The fourth-order valence-corrected chi connectivity index (χ4v) is 5.33. The third-order valence-corrected chi connectivity index (χ3v) is 6.92. The molecule has 8 heteroatoms. The molecule has 2 aliphatic heterocycles. The van der Waals surface area contributed by atoms with Gasteiger partial charge in [-0.1, -0.05) is 5.16 Å². The predicted octanol–water partition coefficient (Wildman–Crippen LogP) is 2.83. The maximum absolute atomic E-state index is 13.2. The third-order valence-electron chi connectivity index (χ3n) is 5.91. The molecule has 28 heavy (non-hydrogen) atoms. The van der Waals surface area contributed by atoms with E-state index in [9.17, 15) is 4.79 Å². The van der Waals surface area contributed by atoms with Crippen molar-refractivity contribution in [2.24, 2.45) is 0 Å². The zero-order chi connectivity index (χ0) is 19.3. The summed E-state index contributed by atoms with van der Waals surface area (Å²) in [5.74, 6) is 1.05. The molecule has 1 N–H and O–H groups in total. The van der Waals surface area contributed by atoms with E-state index >= 15 is 0 Å². The van der Waals surface area contributed by atoms with Crippen LogP contribution in [0.25, 0.3) is 0 Å². The van der Waals surface area contributed by atoms with Gasteiger partial charge in [-0.05, 0) is 25.8 Å².